The van der Waals surface area contributed by atoms with Gasteiger partial charge in [-0.05, 0) is 49.6 Å². The van der Waals surface area contributed by atoms with Crippen LogP contribution < -0.4 is 15.2 Å². The Kier molecular flexibility index (Phi) is 6.34. The maximum atomic E-state index is 5.46. The molecule has 0 aliphatic rings. The smallest absolute Gasteiger partial charge is 0.122 e. The monoisotopic (exact) mass is 259 g/mol. The molecular weight excluding hydrogens is 234 g/mol. The Balaban J connectivity index is 3.26. The van der Waals surface area contributed by atoms with E-state index in [4.69, 9.17) is 4.74 Å². The third kappa shape index (κ3) is 4.23. The van der Waals surface area contributed by atoms with Gasteiger partial charge in [0.2, 0.25) is 0 Å². The summed E-state index contributed by atoms with van der Waals surface area (Å²) in [6.45, 7) is 10.3. The van der Waals surface area contributed by atoms with Gasteiger partial charge < -0.3 is 4.74 Å². The topological polar surface area (TPSA) is 21.6 Å². The van der Waals surface area contributed by atoms with Crippen molar-refractivity contribution in [3.8, 4) is 5.75 Å². The summed E-state index contributed by atoms with van der Waals surface area (Å²) in [5.74, 6) is 0.943. The van der Waals surface area contributed by atoms with Gasteiger partial charge >= 0.3 is 0 Å². The van der Waals surface area contributed by atoms with Crippen molar-refractivity contribution < 1.29 is 4.74 Å². The molecule has 1 rings (SSSR count). The van der Waals surface area contributed by atoms with Crippen LogP contribution in [0.4, 0.5) is 0 Å². The highest BCUT2D eigenvalue weighted by molar-refractivity contribution is 5.62. The molecule has 0 heterocycles. The molecule has 0 unspecified atom stereocenters. The van der Waals surface area contributed by atoms with E-state index in [1.54, 1.807) is 7.11 Å². The summed E-state index contributed by atoms with van der Waals surface area (Å²) in [6, 6.07) is 4.20. The van der Waals surface area contributed by atoms with Crippen molar-refractivity contribution >= 4 is 18.5 Å². The second-order valence-corrected chi connectivity index (χ2v) is 4.75. The highest BCUT2D eigenvalue weighted by Crippen LogP contribution is 2.17. The number of rotatable bonds is 6. The Morgan fingerprint density at radius 1 is 1.37 bits per heavy atom. The van der Waals surface area contributed by atoms with E-state index in [-0.39, 0.29) is 0 Å². The first-order valence-electron chi connectivity index (χ1n) is 6.99. The van der Waals surface area contributed by atoms with Crippen LogP contribution in [0.15, 0.2) is 17.1 Å². The lowest BCUT2D eigenvalue weighted by atomic mass is 10.0. The minimum atomic E-state index is 0.943. The zero-order valence-corrected chi connectivity index (χ0v) is 12.6. The highest BCUT2D eigenvalue weighted by atomic mass is 16.5. The SMILES string of the molecule is C=c1cc(OC)c(CCCCC)c/c1=C(C)/N=C\C. The molecule has 0 aliphatic carbocycles. The van der Waals surface area contributed by atoms with Crippen LogP contribution >= 0.6 is 0 Å². The average molecular weight is 259 g/mol. The normalized spacial score (nSPS) is 12.8. The minimum Gasteiger partial charge on any atom is -0.496 e. The number of unbranched alkanes of at least 4 members (excludes halogenated alkanes) is 2. The summed E-state index contributed by atoms with van der Waals surface area (Å²) in [4.78, 5) is 4.36. The molecule has 0 saturated carbocycles. The van der Waals surface area contributed by atoms with E-state index in [1.807, 2.05) is 26.1 Å². The highest BCUT2D eigenvalue weighted by Gasteiger charge is 2.04. The van der Waals surface area contributed by atoms with E-state index >= 15 is 0 Å². The lowest BCUT2D eigenvalue weighted by molar-refractivity contribution is 0.408. The second-order valence-electron chi connectivity index (χ2n) is 4.75. The number of benzene rings is 1. The summed E-state index contributed by atoms with van der Waals surface area (Å²) in [6.07, 6.45) is 6.54. The molecule has 0 spiro atoms. The Bertz CT molecular complexity index is 543. The number of hydrogen-bond acceptors (Lipinski definition) is 2. The predicted octanol–water partition coefficient (Wildman–Crippen LogP) is 3.06. The fraction of sp³-hybridized carbons (Fsp3) is 0.471. The van der Waals surface area contributed by atoms with Crippen LogP contribution in [0.1, 0.15) is 45.6 Å². The average Bonchev–Trinajstić information content (AvgIpc) is 2.40. The molecule has 19 heavy (non-hydrogen) atoms. The molecule has 2 heteroatoms. The molecule has 2 nitrogen and oxygen atoms in total. The first kappa shape index (κ1) is 15.5. The Morgan fingerprint density at radius 3 is 2.68 bits per heavy atom. The molecule has 0 bridgehead atoms. The van der Waals surface area contributed by atoms with Crippen LogP contribution in [0.25, 0.3) is 12.3 Å². The molecule has 1 aromatic rings. The number of aryl methyl sites for hydroxylation is 1. The summed E-state index contributed by atoms with van der Waals surface area (Å²) >= 11 is 0. The van der Waals surface area contributed by atoms with Gasteiger partial charge in [0, 0.05) is 17.1 Å². The van der Waals surface area contributed by atoms with Gasteiger partial charge in [0.25, 0.3) is 0 Å². The van der Waals surface area contributed by atoms with Gasteiger partial charge in [-0.15, -0.1) is 0 Å². The van der Waals surface area contributed by atoms with Crippen molar-refractivity contribution in [2.45, 2.75) is 46.5 Å². The van der Waals surface area contributed by atoms with Crippen molar-refractivity contribution in [1.82, 2.24) is 0 Å². The minimum absolute atomic E-state index is 0.943. The Morgan fingerprint density at radius 2 is 2.11 bits per heavy atom. The molecular formula is C17H25NO. The summed E-state index contributed by atoms with van der Waals surface area (Å²) < 4.78 is 5.46. The van der Waals surface area contributed by atoms with Crippen LogP contribution in [-0.2, 0) is 6.42 Å². The van der Waals surface area contributed by atoms with Gasteiger partial charge in [0.05, 0.1) is 7.11 Å². The molecule has 0 radical (unpaired) electrons. The molecule has 0 fully saturated rings. The van der Waals surface area contributed by atoms with Gasteiger partial charge in [0.15, 0.2) is 0 Å². The third-order valence-electron chi connectivity index (χ3n) is 3.27. The fourth-order valence-corrected chi connectivity index (χ4v) is 2.22. The number of nitrogens with zero attached hydrogens (tertiary/aromatic N) is 1. The fourth-order valence-electron chi connectivity index (χ4n) is 2.22. The van der Waals surface area contributed by atoms with Crippen LogP contribution in [0.3, 0.4) is 0 Å². The quantitative estimate of drug-likeness (QED) is 0.568. The van der Waals surface area contributed by atoms with Crippen LogP contribution in [-0.4, -0.2) is 13.3 Å². The van der Waals surface area contributed by atoms with E-state index in [1.165, 1.54) is 24.8 Å². The van der Waals surface area contributed by atoms with Crippen molar-refractivity contribution in [2.24, 2.45) is 4.99 Å². The first-order valence-corrected chi connectivity index (χ1v) is 6.99. The lowest BCUT2D eigenvalue weighted by Gasteiger charge is -2.09. The Labute approximate surface area is 116 Å². The number of methoxy groups -OCH3 is 1. The van der Waals surface area contributed by atoms with Gasteiger partial charge in [0.1, 0.15) is 5.75 Å². The predicted molar refractivity (Wildman–Crippen MR) is 84.2 cm³/mol. The maximum Gasteiger partial charge on any atom is 0.122 e. The van der Waals surface area contributed by atoms with Crippen molar-refractivity contribution in [1.29, 1.82) is 0 Å². The molecule has 0 N–H and O–H groups in total. The van der Waals surface area contributed by atoms with E-state index in [0.717, 1.165) is 28.3 Å². The lowest BCUT2D eigenvalue weighted by Crippen LogP contribution is -2.26. The third-order valence-corrected chi connectivity index (χ3v) is 3.27. The molecule has 0 atom stereocenters. The first-order chi connectivity index (χ1) is 9.13. The van der Waals surface area contributed by atoms with Crippen molar-refractivity contribution in [2.75, 3.05) is 7.11 Å². The molecule has 0 aliphatic heterocycles. The molecule has 0 amide bonds. The molecule has 104 valence electrons. The van der Waals surface area contributed by atoms with Gasteiger partial charge in [-0.1, -0.05) is 26.3 Å². The second kappa shape index (κ2) is 7.78. The molecule has 1 aromatic carbocycles. The summed E-state index contributed by atoms with van der Waals surface area (Å²) in [5.41, 5.74) is 2.26. The molecule has 0 aromatic heterocycles. The van der Waals surface area contributed by atoms with Crippen LogP contribution in [0.5, 0.6) is 5.75 Å². The summed E-state index contributed by atoms with van der Waals surface area (Å²) in [7, 11) is 1.72. The summed E-state index contributed by atoms with van der Waals surface area (Å²) in [5, 5.41) is 2.09. The number of hydrogen-bond donors (Lipinski definition) is 0. The zero-order chi connectivity index (χ0) is 14.3. The van der Waals surface area contributed by atoms with Crippen molar-refractivity contribution in [3.05, 3.63) is 28.1 Å². The number of ether oxygens (including phenoxy) is 1. The van der Waals surface area contributed by atoms with E-state index in [9.17, 15) is 0 Å². The van der Waals surface area contributed by atoms with Crippen LogP contribution in [0, 0.1) is 0 Å². The van der Waals surface area contributed by atoms with E-state index in [2.05, 4.69) is 24.6 Å². The standard InChI is InChI=1S/C17H25NO/c1-6-8-9-10-15-12-16(14(4)18-7-2)13(3)11-17(15)19-5/h7,11-12H,3,6,8-10H2,1-2,4-5H3/b16-14-,18-7-. The van der Waals surface area contributed by atoms with Gasteiger partial charge in [-0.3, -0.25) is 4.99 Å². The maximum absolute atomic E-state index is 5.46. The molecule has 0 saturated heterocycles. The number of aliphatic imine (C=N–C) groups is 1. The van der Waals surface area contributed by atoms with Gasteiger partial charge in [-0.25, -0.2) is 0 Å². The largest absolute Gasteiger partial charge is 0.496 e. The Hall–Kier alpha value is -1.57. The van der Waals surface area contributed by atoms with Crippen molar-refractivity contribution in [3.63, 3.8) is 0 Å². The van der Waals surface area contributed by atoms with Crippen LogP contribution in [0.2, 0.25) is 0 Å². The van der Waals surface area contributed by atoms with Gasteiger partial charge in [-0.2, -0.15) is 0 Å². The zero-order valence-electron chi connectivity index (χ0n) is 12.6. The van der Waals surface area contributed by atoms with E-state index in [0.29, 0.717) is 0 Å². The van der Waals surface area contributed by atoms with E-state index < -0.39 is 0 Å².